The second kappa shape index (κ2) is 4.47. The molecule has 0 N–H and O–H groups in total. The van der Waals surface area contributed by atoms with E-state index in [9.17, 15) is 0 Å². The number of allylic oxidation sites excluding steroid dienone is 2. The molecule has 0 heterocycles. The summed E-state index contributed by atoms with van der Waals surface area (Å²) in [6.07, 6.45) is 0. The summed E-state index contributed by atoms with van der Waals surface area (Å²) in [6, 6.07) is 0. The van der Waals surface area contributed by atoms with Crippen molar-refractivity contribution in [2.45, 2.75) is 13.8 Å². The zero-order chi connectivity index (χ0) is 8.31. The van der Waals surface area contributed by atoms with Crippen LogP contribution in [0.1, 0.15) is 13.8 Å². The Kier molecular flexibility index (Phi) is 4.74. The van der Waals surface area contributed by atoms with E-state index in [2.05, 4.69) is 40.5 Å². The zero-order valence-corrected chi connectivity index (χ0v) is 9.68. The molecule has 0 amide bonds. The summed E-state index contributed by atoms with van der Waals surface area (Å²) in [7, 11) is 0.325. The molecule has 0 saturated heterocycles. The summed E-state index contributed by atoms with van der Waals surface area (Å²) in [6.45, 7) is 13.9. The van der Waals surface area contributed by atoms with E-state index in [4.69, 9.17) is 0 Å². The minimum absolute atomic E-state index is 0.162. The molecule has 60 valence electrons. The van der Waals surface area contributed by atoms with Crippen LogP contribution >= 0.6 is 15.8 Å². The van der Waals surface area contributed by atoms with Crippen LogP contribution in [-0.4, -0.2) is 26.7 Å². The predicted octanol–water partition coefficient (Wildman–Crippen LogP) is 3.72. The number of hydrogen-bond acceptors (Lipinski definition) is 0. The maximum atomic E-state index is 2.33. The normalized spacial score (nSPS) is 14.4. The fraction of sp³-hybridized carbons (Fsp3) is 0.750. The van der Waals surface area contributed by atoms with Crippen molar-refractivity contribution in [3.8, 4) is 0 Å². The van der Waals surface area contributed by atoms with Crippen LogP contribution in [0.5, 0.6) is 0 Å². The highest BCUT2D eigenvalue weighted by Crippen LogP contribution is 2.47. The summed E-state index contributed by atoms with van der Waals surface area (Å²) in [5.41, 5.74) is 0. The second-order valence-electron chi connectivity index (χ2n) is 2.96. The fourth-order valence-corrected chi connectivity index (χ4v) is 3.14. The van der Waals surface area contributed by atoms with Gasteiger partial charge >= 0.3 is 0 Å². The largest absolute Gasteiger partial charge is 0.0861 e. The molecule has 0 nitrogen and oxygen atoms in total. The van der Waals surface area contributed by atoms with Crippen LogP contribution in [0.2, 0.25) is 0 Å². The average Bonchev–Trinajstić information content (AvgIpc) is 1.84. The first-order chi connectivity index (χ1) is 4.46. The van der Waals surface area contributed by atoms with E-state index in [1.807, 2.05) is 0 Å². The summed E-state index contributed by atoms with van der Waals surface area (Å²) in [5.74, 6) is 0. The fourth-order valence-electron chi connectivity index (χ4n) is 0.647. The Morgan fingerprint density at radius 2 is 0.900 bits per heavy atom. The predicted molar refractivity (Wildman–Crippen MR) is 55.9 cm³/mol. The molecule has 0 spiro atoms. The van der Waals surface area contributed by atoms with Crippen LogP contribution < -0.4 is 0 Å². The van der Waals surface area contributed by atoms with Gasteiger partial charge < -0.3 is 0 Å². The van der Waals surface area contributed by atoms with E-state index in [-0.39, 0.29) is 15.8 Å². The third kappa shape index (κ3) is 3.13. The van der Waals surface area contributed by atoms with E-state index in [0.29, 0.717) is 0 Å². The Morgan fingerprint density at radius 3 is 1.00 bits per heavy atom. The smallest absolute Gasteiger partial charge is 0.0390 e. The van der Waals surface area contributed by atoms with Crippen molar-refractivity contribution in [2.24, 2.45) is 0 Å². The van der Waals surface area contributed by atoms with Gasteiger partial charge in [0.25, 0.3) is 0 Å². The van der Waals surface area contributed by atoms with Gasteiger partial charge in [-0.15, -0.1) is 0 Å². The van der Waals surface area contributed by atoms with E-state index in [0.717, 1.165) is 0 Å². The highest BCUT2D eigenvalue weighted by atomic mass is 31.1. The van der Waals surface area contributed by atoms with Gasteiger partial charge in [-0.25, -0.2) is 0 Å². The lowest BCUT2D eigenvalue weighted by atomic mass is 10.6. The van der Waals surface area contributed by atoms with Crippen molar-refractivity contribution in [1.82, 2.24) is 0 Å². The molecule has 0 atom stereocenters. The van der Waals surface area contributed by atoms with Crippen molar-refractivity contribution in [3.63, 3.8) is 0 Å². The van der Waals surface area contributed by atoms with E-state index in [1.54, 1.807) is 10.6 Å². The van der Waals surface area contributed by atoms with Gasteiger partial charge in [-0.2, -0.15) is 0 Å². The first kappa shape index (κ1) is 10.6. The minimum atomic E-state index is 0.162. The second-order valence-corrected chi connectivity index (χ2v) is 7.88. The van der Waals surface area contributed by atoms with Gasteiger partial charge in [-0.1, -0.05) is 15.8 Å². The van der Waals surface area contributed by atoms with E-state index < -0.39 is 0 Å². The first-order valence-corrected chi connectivity index (χ1v) is 7.96. The van der Waals surface area contributed by atoms with Gasteiger partial charge in [0.05, 0.1) is 0 Å². The molecule has 0 radical (unpaired) electrons. The lowest BCUT2D eigenvalue weighted by Crippen LogP contribution is -1.79. The monoisotopic (exact) mass is 176 g/mol. The molecule has 2 heteroatoms. The summed E-state index contributed by atoms with van der Waals surface area (Å²) in [4.78, 5) is 0. The van der Waals surface area contributed by atoms with E-state index in [1.165, 1.54) is 0 Å². The third-order valence-electron chi connectivity index (χ3n) is 1.87. The summed E-state index contributed by atoms with van der Waals surface area (Å²) in [5, 5.41) is 3.29. The summed E-state index contributed by atoms with van der Waals surface area (Å²) >= 11 is 0. The minimum Gasteiger partial charge on any atom is -0.0861 e. The van der Waals surface area contributed by atoms with Crippen LogP contribution in [0.4, 0.5) is 0 Å². The van der Waals surface area contributed by atoms with Crippen LogP contribution in [0.15, 0.2) is 10.6 Å². The van der Waals surface area contributed by atoms with Crippen molar-refractivity contribution >= 4 is 15.8 Å². The Hall–Kier alpha value is 0.600. The standard InChI is InChI=1S/C8H18P2/c1-7(9(3)4)8(2)10(5)6/h1-6H3/b8-7-. The molecule has 0 aromatic rings. The molecule has 0 aliphatic carbocycles. The molecule has 0 aromatic heterocycles. The molecular formula is C8H18P2. The molecule has 0 unspecified atom stereocenters. The van der Waals surface area contributed by atoms with Gasteiger partial charge in [0, 0.05) is 0 Å². The van der Waals surface area contributed by atoms with Crippen LogP contribution in [0, 0.1) is 0 Å². The van der Waals surface area contributed by atoms with Crippen LogP contribution in [0.3, 0.4) is 0 Å². The molecule has 0 saturated carbocycles. The molecule has 0 aliphatic heterocycles. The zero-order valence-electron chi connectivity index (χ0n) is 7.89. The molecule has 0 bridgehead atoms. The van der Waals surface area contributed by atoms with Gasteiger partial charge in [-0.3, -0.25) is 0 Å². The quantitative estimate of drug-likeness (QED) is 0.562. The maximum Gasteiger partial charge on any atom is -0.0390 e. The Labute approximate surface area is 67.6 Å². The lowest BCUT2D eigenvalue weighted by molar-refractivity contribution is 1.52. The van der Waals surface area contributed by atoms with Gasteiger partial charge in [0.15, 0.2) is 0 Å². The highest BCUT2D eigenvalue weighted by molar-refractivity contribution is 7.64. The van der Waals surface area contributed by atoms with Crippen molar-refractivity contribution in [1.29, 1.82) is 0 Å². The molecule has 10 heavy (non-hydrogen) atoms. The van der Waals surface area contributed by atoms with Crippen molar-refractivity contribution in [2.75, 3.05) is 26.7 Å². The third-order valence-corrected chi connectivity index (χ3v) is 5.40. The summed E-state index contributed by atoms with van der Waals surface area (Å²) < 4.78 is 0. The lowest BCUT2D eigenvalue weighted by Gasteiger charge is -2.14. The number of rotatable bonds is 2. The Balaban J connectivity index is 4.34. The number of hydrogen-bond donors (Lipinski definition) is 0. The van der Waals surface area contributed by atoms with Crippen molar-refractivity contribution in [3.05, 3.63) is 10.6 Å². The SMILES string of the molecule is C/C(=C(\C)P(C)C)P(C)C. The van der Waals surface area contributed by atoms with Crippen LogP contribution in [0.25, 0.3) is 0 Å². The van der Waals surface area contributed by atoms with Gasteiger partial charge in [0.2, 0.25) is 0 Å². The molecule has 0 rings (SSSR count). The Morgan fingerprint density at radius 1 is 0.700 bits per heavy atom. The molecule has 0 aromatic carbocycles. The molecular weight excluding hydrogens is 158 g/mol. The maximum absolute atomic E-state index is 2.33. The van der Waals surface area contributed by atoms with Crippen molar-refractivity contribution < 1.29 is 0 Å². The van der Waals surface area contributed by atoms with Crippen LogP contribution in [-0.2, 0) is 0 Å². The van der Waals surface area contributed by atoms with Gasteiger partial charge in [0.1, 0.15) is 0 Å². The topological polar surface area (TPSA) is 0 Å². The Bertz CT molecular complexity index is 118. The van der Waals surface area contributed by atoms with Gasteiger partial charge in [-0.05, 0) is 51.1 Å². The van der Waals surface area contributed by atoms with E-state index >= 15 is 0 Å². The first-order valence-electron chi connectivity index (χ1n) is 3.49. The highest BCUT2D eigenvalue weighted by Gasteiger charge is 2.03. The average molecular weight is 176 g/mol. The molecule has 0 aliphatic rings. The molecule has 0 fully saturated rings.